The number of benzene rings is 1. The smallest absolute Gasteiger partial charge is 0.156 e. The third kappa shape index (κ3) is 6.85. The number of para-hydroxylation sites is 1. The normalized spacial score (nSPS) is 14.0. The number of halogens is 2. The summed E-state index contributed by atoms with van der Waals surface area (Å²) in [6, 6.07) is 5.11. The fourth-order valence-electron chi connectivity index (χ4n) is 1.95. The van der Waals surface area contributed by atoms with Crippen LogP contribution in [-0.2, 0) is 0 Å². The van der Waals surface area contributed by atoms with E-state index in [0.717, 1.165) is 19.4 Å². The van der Waals surface area contributed by atoms with Gasteiger partial charge in [-0.2, -0.15) is 0 Å². The Balaban J connectivity index is 2.29. The molecule has 1 aromatic rings. The lowest BCUT2D eigenvalue weighted by atomic mass is 10.0. The van der Waals surface area contributed by atoms with Crippen LogP contribution in [0.1, 0.15) is 19.8 Å². The molecule has 0 aromatic heterocycles. The lowest BCUT2D eigenvalue weighted by Gasteiger charge is -2.17. The average Bonchev–Trinajstić information content (AvgIpc) is 2.45. The highest BCUT2D eigenvalue weighted by molar-refractivity contribution is 6.37. The zero-order valence-corrected chi connectivity index (χ0v) is 13.7. The predicted octanol–water partition coefficient (Wildman–Crippen LogP) is 2.73. The van der Waals surface area contributed by atoms with Crippen LogP contribution in [0.15, 0.2) is 18.2 Å². The number of hydrogen-bond donors (Lipinski definition) is 3. The standard InChI is InChI=1S/C15H23Cl2NO3/c1-2-11(6-7-19)8-18-9-12(20)10-21-15-13(16)4-3-5-14(15)17/h3-5,11-12,18-20H,2,6-10H2,1H3. The number of rotatable bonds is 10. The molecule has 0 amide bonds. The first-order valence-electron chi connectivity index (χ1n) is 7.14. The van der Waals surface area contributed by atoms with Gasteiger partial charge >= 0.3 is 0 Å². The highest BCUT2D eigenvalue weighted by Crippen LogP contribution is 2.32. The Bertz CT molecular complexity index is 398. The fourth-order valence-corrected chi connectivity index (χ4v) is 2.45. The van der Waals surface area contributed by atoms with Crippen molar-refractivity contribution in [1.29, 1.82) is 0 Å². The van der Waals surface area contributed by atoms with Crippen molar-refractivity contribution < 1.29 is 14.9 Å². The third-order valence-electron chi connectivity index (χ3n) is 3.27. The van der Waals surface area contributed by atoms with Gasteiger partial charge in [0.25, 0.3) is 0 Å². The van der Waals surface area contributed by atoms with Crippen LogP contribution in [0.2, 0.25) is 10.0 Å². The van der Waals surface area contributed by atoms with Gasteiger partial charge in [0.2, 0.25) is 0 Å². The van der Waals surface area contributed by atoms with Gasteiger partial charge in [0, 0.05) is 13.2 Å². The van der Waals surface area contributed by atoms with E-state index in [1.54, 1.807) is 18.2 Å². The Kier molecular flexibility index (Phi) is 9.04. The van der Waals surface area contributed by atoms with Crippen LogP contribution < -0.4 is 10.1 Å². The minimum absolute atomic E-state index is 0.118. The Morgan fingerprint density at radius 2 is 1.90 bits per heavy atom. The number of aliphatic hydroxyl groups excluding tert-OH is 2. The van der Waals surface area contributed by atoms with Crippen molar-refractivity contribution in [3.05, 3.63) is 28.2 Å². The Hall–Kier alpha value is -0.520. The van der Waals surface area contributed by atoms with E-state index in [9.17, 15) is 5.11 Å². The summed E-state index contributed by atoms with van der Waals surface area (Å²) in [4.78, 5) is 0. The van der Waals surface area contributed by atoms with Gasteiger partial charge < -0.3 is 20.3 Å². The van der Waals surface area contributed by atoms with Crippen molar-refractivity contribution in [3.8, 4) is 5.75 Å². The SMILES string of the molecule is CCC(CCO)CNCC(O)COc1c(Cl)cccc1Cl. The molecule has 21 heavy (non-hydrogen) atoms. The maximum atomic E-state index is 9.88. The average molecular weight is 336 g/mol. The molecule has 0 spiro atoms. The van der Waals surface area contributed by atoms with Crippen molar-refractivity contribution in [2.45, 2.75) is 25.9 Å². The van der Waals surface area contributed by atoms with Crippen LogP contribution >= 0.6 is 23.2 Å². The van der Waals surface area contributed by atoms with Gasteiger partial charge in [0.05, 0.1) is 10.0 Å². The molecule has 0 saturated heterocycles. The number of hydrogen-bond acceptors (Lipinski definition) is 4. The molecule has 0 aliphatic rings. The molecule has 2 atom stereocenters. The maximum absolute atomic E-state index is 9.88. The summed E-state index contributed by atoms with van der Waals surface area (Å²) in [7, 11) is 0. The molecule has 0 bridgehead atoms. The summed E-state index contributed by atoms with van der Waals surface area (Å²) in [5.74, 6) is 0.813. The first-order chi connectivity index (χ1) is 10.1. The number of ether oxygens (including phenoxy) is 1. The zero-order valence-electron chi connectivity index (χ0n) is 12.2. The minimum atomic E-state index is -0.649. The van der Waals surface area contributed by atoms with Crippen molar-refractivity contribution in [2.75, 3.05) is 26.3 Å². The van der Waals surface area contributed by atoms with Crippen LogP contribution in [0, 0.1) is 5.92 Å². The van der Waals surface area contributed by atoms with Crippen LogP contribution in [0.3, 0.4) is 0 Å². The van der Waals surface area contributed by atoms with Crippen LogP contribution in [-0.4, -0.2) is 42.6 Å². The first-order valence-corrected chi connectivity index (χ1v) is 7.90. The van der Waals surface area contributed by atoms with Crippen molar-refractivity contribution in [2.24, 2.45) is 5.92 Å². The second-order valence-corrected chi connectivity index (χ2v) is 5.77. The number of aliphatic hydroxyl groups is 2. The van der Waals surface area contributed by atoms with Gasteiger partial charge in [-0.25, -0.2) is 0 Å². The molecule has 2 unspecified atom stereocenters. The van der Waals surface area contributed by atoms with Gasteiger partial charge in [0.1, 0.15) is 12.7 Å². The predicted molar refractivity (Wildman–Crippen MR) is 86.3 cm³/mol. The highest BCUT2D eigenvalue weighted by atomic mass is 35.5. The topological polar surface area (TPSA) is 61.7 Å². The van der Waals surface area contributed by atoms with Crippen molar-refractivity contribution in [1.82, 2.24) is 5.32 Å². The fraction of sp³-hybridized carbons (Fsp3) is 0.600. The van der Waals surface area contributed by atoms with E-state index in [2.05, 4.69) is 12.2 Å². The number of nitrogens with one attached hydrogen (secondary N) is 1. The molecule has 0 radical (unpaired) electrons. The molecule has 0 saturated carbocycles. The Morgan fingerprint density at radius 1 is 1.24 bits per heavy atom. The molecule has 0 aliphatic heterocycles. The Labute approximate surface area is 136 Å². The molecule has 6 heteroatoms. The summed E-state index contributed by atoms with van der Waals surface area (Å²) in [6.45, 7) is 3.58. The van der Waals surface area contributed by atoms with Crippen molar-refractivity contribution >= 4 is 23.2 Å². The minimum Gasteiger partial charge on any atom is -0.488 e. The van der Waals surface area contributed by atoms with E-state index >= 15 is 0 Å². The second kappa shape index (κ2) is 10.2. The van der Waals surface area contributed by atoms with Crippen LogP contribution in [0.5, 0.6) is 5.75 Å². The third-order valence-corrected chi connectivity index (χ3v) is 3.86. The largest absolute Gasteiger partial charge is 0.488 e. The van der Waals surface area contributed by atoms with E-state index in [-0.39, 0.29) is 13.2 Å². The van der Waals surface area contributed by atoms with Crippen LogP contribution in [0.25, 0.3) is 0 Å². The molecular weight excluding hydrogens is 313 g/mol. The Morgan fingerprint density at radius 3 is 2.48 bits per heavy atom. The van der Waals surface area contributed by atoms with E-state index < -0.39 is 6.10 Å². The summed E-state index contributed by atoms with van der Waals surface area (Å²) >= 11 is 12.0. The molecule has 3 N–H and O–H groups in total. The van der Waals surface area contributed by atoms with Gasteiger partial charge in [-0.15, -0.1) is 0 Å². The summed E-state index contributed by atoms with van der Waals surface area (Å²) < 4.78 is 5.47. The summed E-state index contributed by atoms with van der Waals surface area (Å²) in [5.41, 5.74) is 0. The van der Waals surface area contributed by atoms with Gasteiger partial charge in [-0.1, -0.05) is 42.6 Å². The van der Waals surface area contributed by atoms with Crippen molar-refractivity contribution in [3.63, 3.8) is 0 Å². The molecule has 4 nitrogen and oxygen atoms in total. The molecule has 1 rings (SSSR count). The van der Waals surface area contributed by atoms with Gasteiger partial charge in [0.15, 0.2) is 5.75 Å². The molecule has 0 aliphatic carbocycles. The van der Waals surface area contributed by atoms with Gasteiger partial charge in [-0.05, 0) is 31.0 Å². The van der Waals surface area contributed by atoms with Gasteiger partial charge in [-0.3, -0.25) is 0 Å². The molecular formula is C15H23Cl2NO3. The van der Waals surface area contributed by atoms with E-state index in [1.165, 1.54) is 0 Å². The highest BCUT2D eigenvalue weighted by Gasteiger charge is 2.11. The van der Waals surface area contributed by atoms with E-state index in [1.807, 2.05) is 0 Å². The first kappa shape index (κ1) is 18.5. The summed E-state index contributed by atoms with van der Waals surface area (Å²) in [5, 5.41) is 22.8. The molecule has 0 fully saturated rings. The van der Waals surface area contributed by atoms with E-state index in [0.29, 0.717) is 28.3 Å². The second-order valence-electron chi connectivity index (χ2n) is 4.96. The quantitative estimate of drug-likeness (QED) is 0.615. The lowest BCUT2D eigenvalue weighted by molar-refractivity contribution is 0.105. The summed E-state index contributed by atoms with van der Waals surface area (Å²) in [6.07, 6.45) is 1.12. The van der Waals surface area contributed by atoms with Crippen LogP contribution in [0.4, 0.5) is 0 Å². The lowest BCUT2D eigenvalue weighted by Crippen LogP contribution is -2.34. The monoisotopic (exact) mass is 335 g/mol. The molecule has 1 aromatic carbocycles. The maximum Gasteiger partial charge on any atom is 0.156 e. The molecule has 120 valence electrons. The zero-order chi connectivity index (χ0) is 15.7. The van der Waals surface area contributed by atoms with E-state index in [4.69, 9.17) is 33.0 Å². The molecule has 0 heterocycles.